The molecule has 2 heterocycles. The van der Waals surface area contributed by atoms with Crippen molar-refractivity contribution in [2.45, 2.75) is 0 Å². The zero-order valence-corrected chi connectivity index (χ0v) is 10.8. The largest absolute Gasteiger partial charge is 0.493 e. The Morgan fingerprint density at radius 3 is 2.63 bits per heavy atom. The van der Waals surface area contributed by atoms with Gasteiger partial charge >= 0.3 is 0 Å². The fourth-order valence-corrected chi connectivity index (χ4v) is 2.22. The van der Waals surface area contributed by atoms with Crippen LogP contribution >= 0.6 is 0 Å². The maximum Gasteiger partial charge on any atom is 0.218 e. The molecule has 0 atom stereocenters. The second-order valence-corrected chi connectivity index (χ2v) is 4.53. The van der Waals surface area contributed by atoms with Gasteiger partial charge in [-0.15, -0.1) is 0 Å². The lowest BCUT2D eigenvalue weighted by Gasteiger charge is -2.00. The van der Waals surface area contributed by atoms with E-state index in [1.54, 1.807) is 24.9 Å². The van der Waals surface area contributed by atoms with Crippen LogP contribution in [-0.4, -0.2) is 20.5 Å². The van der Waals surface area contributed by atoms with E-state index in [0.717, 1.165) is 16.8 Å². The molecule has 5 nitrogen and oxygen atoms in total. The van der Waals surface area contributed by atoms with Crippen molar-refractivity contribution in [3.8, 4) is 5.88 Å². The number of allylic oxidation sites excluding steroid dienone is 1. The molecule has 96 valence electrons. The minimum Gasteiger partial charge on any atom is -0.493 e. The summed E-state index contributed by atoms with van der Waals surface area (Å²) in [6, 6.07) is 7.85. The number of imidazole rings is 1. The van der Waals surface area contributed by atoms with Gasteiger partial charge in [0.2, 0.25) is 11.5 Å². The van der Waals surface area contributed by atoms with Gasteiger partial charge in [-0.3, -0.25) is 15.0 Å². The average molecular weight is 254 g/mol. The molecule has 0 unspecified atom stereocenters. The summed E-state index contributed by atoms with van der Waals surface area (Å²) in [6.07, 6.45) is 3.63. The minimum atomic E-state index is 0.0813. The molecule has 19 heavy (non-hydrogen) atoms. The fourth-order valence-electron chi connectivity index (χ4n) is 2.22. The number of fused-ring (bicyclic) bond motifs is 1. The molecule has 3 rings (SSSR count). The maximum absolute atomic E-state index is 10.0. The van der Waals surface area contributed by atoms with E-state index in [9.17, 15) is 5.11 Å². The van der Waals surface area contributed by atoms with Crippen LogP contribution in [0.3, 0.4) is 0 Å². The molecule has 0 amide bonds. The summed E-state index contributed by atoms with van der Waals surface area (Å²) in [5, 5.41) is 17.9. The highest BCUT2D eigenvalue weighted by atomic mass is 16.3. The van der Waals surface area contributed by atoms with Crippen LogP contribution in [-0.2, 0) is 14.1 Å². The third kappa shape index (κ3) is 1.62. The molecular formula is C14H14N4O. The minimum absolute atomic E-state index is 0.0813. The van der Waals surface area contributed by atoms with Gasteiger partial charge in [-0.2, -0.15) is 0 Å². The van der Waals surface area contributed by atoms with Gasteiger partial charge in [-0.05, 0) is 12.1 Å². The van der Waals surface area contributed by atoms with Crippen LogP contribution in [0.1, 0.15) is 11.3 Å². The summed E-state index contributed by atoms with van der Waals surface area (Å²) in [5.41, 5.74) is 3.75. The molecule has 0 spiro atoms. The van der Waals surface area contributed by atoms with Gasteiger partial charge in [0.05, 0.1) is 5.69 Å². The van der Waals surface area contributed by atoms with Gasteiger partial charge in [0.1, 0.15) is 5.69 Å². The first-order chi connectivity index (χ1) is 9.09. The highest BCUT2D eigenvalue weighted by Gasteiger charge is 2.15. The number of hydrogen-bond donors (Lipinski definition) is 2. The van der Waals surface area contributed by atoms with E-state index in [-0.39, 0.29) is 11.5 Å². The molecule has 0 saturated carbocycles. The quantitative estimate of drug-likeness (QED) is 0.800. The highest BCUT2D eigenvalue weighted by Crippen LogP contribution is 2.32. The zero-order chi connectivity index (χ0) is 13.6. The van der Waals surface area contributed by atoms with E-state index >= 15 is 0 Å². The Bertz CT molecular complexity index is 777. The van der Waals surface area contributed by atoms with Crippen LogP contribution in [0.25, 0.3) is 11.6 Å². The van der Waals surface area contributed by atoms with Crippen molar-refractivity contribution in [1.82, 2.24) is 9.13 Å². The number of aromatic hydroxyl groups is 1. The molecule has 0 fully saturated rings. The number of nitrogens with zero attached hydrogens (tertiary/aromatic N) is 3. The van der Waals surface area contributed by atoms with Gasteiger partial charge in [0, 0.05) is 31.4 Å². The van der Waals surface area contributed by atoms with Crippen molar-refractivity contribution in [1.29, 1.82) is 5.41 Å². The van der Waals surface area contributed by atoms with Crippen LogP contribution in [0.4, 0.5) is 5.69 Å². The van der Waals surface area contributed by atoms with Crippen LogP contribution < -0.4 is 5.62 Å². The fraction of sp³-hybridized carbons (Fsp3) is 0.143. The Labute approximate surface area is 110 Å². The summed E-state index contributed by atoms with van der Waals surface area (Å²) in [4.78, 5) is 4.33. The molecule has 1 aromatic carbocycles. The summed E-state index contributed by atoms with van der Waals surface area (Å²) < 4.78 is 3.07. The third-order valence-electron chi connectivity index (χ3n) is 3.39. The number of benzene rings is 1. The first kappa shape index (κ1) is 11.5. The van der Waals surface area contributed by atoms with E-state index in [4.69, 9.17) is 5.41 Å². The topological polar surface area (TPSA) is 66.3 Å². The van der Waals surface area contributed by atoms with E-state index in [2.05, 4.69) is 4.99 Å². The normalized spacial score (nSPS) is 15.2. The number of para-hydroxylation sites is 1. The van der Waals surface area contributed by atoms with E-state index in [0.29, 0.717) is 5.69 Å². The Morgan fingerprint density at radius 1 is 1.21 bits per heavy atom. The predicted molar refractivity (Wildman–Crippen MR) is 74.4 cm³/mol. The monoisotopic (exact) mass is 254 g/mol. The molecule has 2 N–H and O–H groups in total. The smallest absolute Gasteiger partial charge is 0.218 e. The van der Waals surface area contributed by atoms with Gasteiger partial charge in [0.15, 0.2) is 0 Å². The number of nitrogens with one attached hydrogen (secondary N) is 1. The predicted octanol–water partition coefficient (Wildman–Crippen LogP) is 1.81. The van der Waals surface area contributed by atoms with Crippen molar-refractivity contribution < 1.29 is 5.11 Å². The second-order valence-electron chi connectivity index (χ2n) is 4.53. The SMILES string of the molecule is Cn1c(O)c(/C=C2\C=Nc3ccccc32)n(C)c1=N. The summed E-state index contributed by atoms with van der Waals surface area (Å²) in [5.74, 6) is 0.0813. The molecule has 0 saturated heterocycles. The third-order valence-corrected chi connectivity index (χ3v) is 3.39. The van der Waals surface area contributed by atoms with Gasteiger partial charge in [0.25, 0.3) is 0 Å². The van der Waals surface area contributed by atoms with Crippen molar-refractivity contribution in [2.24, 2.45) is 19.1 Å². The number of hydrogen-bond acceptors (Lipinski definition) is 3. The lowest BCUT2D eigenvalue weighted by Crippen LogP contribution is -2.20. The first-order valence-electron chi connectivity index (χ1n) is 5.94. The highest BCUT2D eigenvalue weighted by molar-refractivity contribution is 6.21. The number of rotatable bonds is 1. The van der Waals surface area contributed by atoms with Crippen molar-refractivity contribution in [2.75, 3.05) is 0 Å². The molecule has 1 aliphatic heterocycles. The van der Waals surface area contributed by atoms with Crippen molar-refractivity contribution in [3.05, 3.63) is 41.1 Å². The van der Waals surface area contributed by atoms with Crippen LogP contribution in [0.2, 0.25) is 0 Å². The molecule has 1 aromatic heterocycles. The second kappa shape index (κ2) is 3.98. The lowest BCUT2D eigenvalue weighted by molar-refractivity contribution is 0.427. The standard InChI is InChI=1S/C14H14N4O/c1-17-12(13(19)18(2)14(17)15)7-9-8-16-11-6-4-3-5-10(9)11/h3-8,15,19H,1-2H3/b9-7+,15-14?. The molecule has 1 aliphatic rings. The van der Waals surface area contributed by atoms with Crippen LogP contribution in [0.5, 0.6) is 5.88 Å². The Kier molecular flexibility index (Phi) is 2.41. The van der Waals surface area contributed by atoms with E-state index in [1.807, 2.05) is 30.3 Å². The maximum atomic E-state index is 10.0. The molecular weight excluding hydrogens is 240 g/mol. The summed E-state index contributed by atoms with van der Waals surface area (Å²) in [7, 11) is 3.42. The van der Waals surface area contributed by atoms with Gasteiger partial charge in [-0.1, -0.05) is 18.2 Å². The van der Waals surface area contributed by atoms with Crippen LogP contribution in [0, 0.1) is 5.41 Å². The Morgan fingerprint density at radius 2 is 1.95 bits per heavy atom. The van der Waals surface area contributed by atoms with Crippen molar-refractivity contribution in [3.63, 3.8) is 0 Å². The van der Waals surface area contributed by atoms with Gasteiger partial charge in [-0.25, -0.2) is 0 Å². The zero-order valence-electron chi connectivity index (χ0n) is 10.8. The lowest BCUT2D eigenvalue weighted by atomic mass is 10.1. The number of aliphatic imine (C=N–C) groups is 1. The molecule has 0 bridgehead atoms. The Balaban J connectivity index is 2.18. The van der Waals surface area contributed by atoms with Gasteiger partial charge < -0.3 is 9.67 Å². The molecule has 0 aliphatic carbocycles. The first-order valence-corrected chi connectivity index (χ1v) is 5.94. The molecule has 0 radical (unpaired) electrons. The Hall–Kier alpha value is -2.56. The summed E-state index contributed by atoms with van der Waals surface area (Å²) >= 11 is 0. The summed E-state index contributed by atoms with van der Waals surface area (Å²) in [6.45, 7) is 0. The van der Waals surface area contributed by atoms with E-state index < -0.39 is 0 Å². The van der Waals surface area contributed by atoms with E-state index in [1.165, 1.54) is 4.57 Å². The number of aromatic nitrogens is 2. The average Bonchev–Trinajstić information content (AvgIpc) is 2.91. The van der Waals surface area contributed by atoms with Crippen molar-refractivity contribution >= 4 is 23.6 Å². The molecule has 2 aromatic rings. The molecule has 5 heteroatoms. The van der Waals surface area contributed by atoms with Crippen LogP contribution in [0.15, 0.2) is 29.3 Å².